The highest BCUT2D eigenvalue weighted by Gasteiger charge is 2.52. The number of pyridine rings is 1. The van der Waals surface area contributed by atoms with Gasteiger partial charge in [-0.25, -0.2) is 9.97 Å². The Kier molecular flexibility index (Phi) is 6.63. The van der Waals surface area contributed by atoms with Crippen LogP contribution in [-0.2, 0) is 5.41 Å². The van der Waals surface area contributed by atoms with Crippen molar-refractivity contribution in [1.29, 1.82) is 0 Å². The van der Waals surface area contributed by atoms with Gasteiger partial charge in [0, 0.05) is 40.3 Å². The Bertz CT molecular complexity index is 2370. The SMILES string of the molecule is C1=CC(c2nc(-c3ccccc3)cc(-c3ccccn3)n2)C(c2cccc3c2Oc2ccccc2C32C3=C(C=CCC3)c3ccccc32)C=C1. The summed E-state index contributed by atoms with van der Waals surface area (Å²) in [6, 6.07) is 42.7. The van der Waals surface area contributed by atoms with E-state index in [4.69, 9.17) is 14.7 Å². The molecule has 2 aromatic heterocycles. The lowest BCUT2D eigenvalue weighted by Crippen LogP contribution is -2.34. The van der Waals surface area contributed by atoms with Gasteiger partial charge in [-0.15, -0.1) is 0 Å². The molecule has 50 heavy (non-hydrogen) atoms. The molecular formula is C46H33N3O. The molecule has 1 spiro atoms. The first-order valence-electron chi connectivity index (χ1n) is 17.4. The third-order valence-corrected chi connectivity index (χ3v) is 10.7. The summed E-state index contributed by atoms with van der Waals surface area (Å²) in [5.74, 6) is 2.42. The molecule has 4 aromatic carbocycles. The third kappa shape index (κ3) is 4.28. The molecule has 6 aromatic rings. The van der Waals surface area contributed by atoms with Gasteiger partial charge in [-0.2, -0.15) is 0 Å². The van der Waals surface area contributed by atoms with Gasteiger partial charge in [0.05, 0.1) is 22.5 Å². The monoisotopic (exact) mass is 643 g/mol. The summed E-state index contributed by atoms with van der Waals surface area (Å²) >= 11 is 0. The maximum Gasteiger partial charge on any atom is 0.137 e. The van der Waals surface area contributed by atoms with Crippen LogP contribution in [-0.4, -0.2) is 15.0 Å². The van der Waals surface area contributed by atoms with Crippen LogP contribution in [0.5, 0.6) is 11.5 Å². The van der Waals surface area contributed by atoms with Crippen molar-refractivity contribution in [3.63, 3.8) is 0 Å². The summed E-state index contributed by atoms with van der Waals surface area (Å²) in [4.78, 5) is 15.1. The number of hydrogen-bond donors (Lipinski definition) is 0. The van der Waals surface area contributed by atoms with E-state index < -0.39 is 5.41 Å². The van der Waals surface area contributed by atoms with Crippen LogP contribution in [0.3, 0.4) is 0 Å². The molecule has 10 rings (SSSR count). The topological polar surface area (TPSA) is 47.9 Å². The Morgan fingerprint density at radius 1 is 0.640 bits per heavy atom. The second-order valence-electron chi connectivity index (χ2n) is 13.3. The Morgan fingerprint density at radius 2 is 1.40 bits per heavy atom. The zero-order valence-corrected chi connectivity index (χ0v) is 27.4. The van der Waals surface area contributed by atoms with Crippen molar-refractivity contribution in [1.82, 2.24) is 15.0 Å². The van der Waals surface area contributed by atoms with Crippen molar-refractivity contribution in [2.24, 2.45) is 0 Å². The van der Waals surface area contributed by atoms with Gasteiger partial charge in [-0.1, -0.05) is 134 Å². The van der Waals surface area contributed by atoms with Gasteiger partial charge >= 0.3 is 0 Å². The maximum absolute atomic E-state index is 7.06. The minimum absolute atomic E-state index is 0.0591. The lowest BCUT2D eigenvalue weighted by atomic mass is 9.63. The minimum Gasteiger partial charge on any atom is -0.456 e. The number of hydrogen-bond acceptors (Lipinski definition) is 4. The molecule has 0 N–H and O–H groups in total. The van der Waals surface area contributed by atoms with E-state index in [1.165, 1.54) is 33.4 Å². The fourth-order valence-corrected chi connectivity index (χ4v) is 8.64. The van der Waals surface area contributed by atoms with E-state index in [1.807, 2.05) is 36.5 Å². The number of para-hydroxylation sites is 2. The van der Waals surface area contributed by atoms with Crippen LogP contribution in [0.15, 0.2) is 170 Å². The van der Waals surface area contributed by atoms with Crippen LogP contribution >= 0.6 is 0 Å². The molecule has 0 fully saturated rings. The molecule has 4 nitrogen and oxygen atoms in total. The van der Waals surface area contributed by atoms with Crippen LogP contribution in [0.4, 0.5) is 0 Å². The lowest BCUT2D eigenvalue weighted by molar-refractivity contribution is 0.422. The number of rotatable bonds is 4. The summed E-state index contributed by atoms with van der Waals surface area (Å²) in [6.07, 6.45) is 17.3. The van der Waals surface area contributed by atoms with Gasteiger partial charge in [-0.05, 0) is 59.4 Å². The van der Waals surface area contributed by atoms with E-state index >= 15 is 0 Å². The van der Waals surface area contributed by atoms with E-state index in [0.717, 1.165) is 58.4 Å². The molecule has 0 bridgehead atoms. The van der Waals surface area contributed by atoms with E-state index in [0.29, 0.717) is 0 Å². The molecular weight excluding hydrogens is 611 g/mol. The normalized spacial score (nSPS) is 21.0. The molecule has 3 heterocycles. The number of allylic oxidation sites excluding steroid dienone is 8. The molecule has 238 valence electrons. The van der Waals surface area contributed by atoms with Crippen LogP contribution < -0.4 is 4.74 Å². The molecule has 3 atom stereocenters. The van der Waals surface area contributed by atoms with Crippen LogP contribution in [0.1, 0.15) is 58.3 Å². The van der Waals surface area contributed by atoms with Crippen molar-refractivity contribution in [2.45, 2.75) is 30.1 Å². The molecule has 3 unspecified atom stereocenters. The average Bonchev–Trinajstić information content (AvgIpc) is 3.49. The van der Waals surface area contributed by atoms with Crippen molar-refractivity contribution in [3.05, 3.63) is 203 Å². The zero-order chi connectivity index (χ0) is 33.1. The van der Waals surface area contributed by atoms with Crippen molar-refractivity contribution in [2.75, 3.05) is 0 Å². The van der Waals surface area contributed by atoms with Gasteiger partial charge in [-0.3, -0.25) is 4.98 Å². The molecule has 4 heteroatoms. The van der Waals surface area contributed by atoms with E-state index in [2.05, 4.69) is 132 Å². The summed E-state index contributed by atoms with van der Waals surface area (Å²) in [5.41, 5.74) is 12.1. The smallest absolute Gasteiger partial charge is 0.137 e. The van der Waals surface area contributed by atoms with Crippen molar-refractivity contribution in [3.8, 4) is 34.1 Å². The highest BCUT2D eigenvalue weighted by atomic mass is 16.5. The number of fused-ring (bicyclic) bond motifs is 8. The highest BCUT2D eigenvalue weighted by Crippen LogP contribution is 2.64. The van der Waals surface area contributed by atoms with Gasteiger partial charge in [0.2, 0.25) is 0 Å². The zero-order valence-electron chi connectivity index (χ0n) is 27.4. The highest BCUT2D eigenvalue weighted by molar-refractivity contribution is 5.92. The first-order valence-corrected chi connectivity index (χ1v) is 17.4. The van der Waals surface area contributed by atoms with Crippen LogP contribution in [0.2, 0.25) is 0 Å². The largest absolute Gasteiger partial charge is 0.456 e. The second-order valence-corrected chi connectivity index (χ2v) is 13.3. The van der Waals surface area contributed by atoms with Crippen molar-refractivity contribution >= 4 is 5.57 Å². The van der Waals surface area contributed by atoms with Gasteiger partial charge in [0.1, 0.15) is 17.3 Å². The Balaban J connectivity index is 1.18. The quantitative estimate of drug-likeness (QED) is 0.192. The Hall–Kier alpha value is -6.13. The standard InChI is InChI=1S/C46H33N3O/c1-2-15-30(16-3-1)41-29-42(40-26-12-13-28-47-40)49-45(48-41)35-20-5-4-17-31(35)34-21-14-25-39-44(34)50-43-27-11-10-24-38(43)46(39)36-22-8-6-18-32(36)33-19-7-9-23-37(33)46/h1-8,10-22,24-29,31,35H,9,23H2. The molecule has 0 saturated heterocycles. The Morgan fingerprint density at radius 3 is 2.28 bits per heavy atom. The predicted molar refractivity (Wildman–Crippen MR) is 199 cm³/mol. The molecule has 3 aliphatic carbocycles. The van der Waals surface area contributed by atoms with E-state index in [-0.39, 0.29) is 11.8 Å². The van der Waals surface area contributed by atoms with E-state index in [9.17, 15) is 0 Å². The number of aromatic nitrogens is 3. The molecule has 4 aliphatic rings. The summed E-state index contributed by atoms with van der Waals surface area (Å²) in [6.45, 7) is 0. The fraction of sp³-hybridized carbons (Fsp3) is 0.109. The average molecular weight is 644 g/mol. The number of ether oxygens (including phenoxy) is 1. The first-order chi connectivity index (χ1) is 24.8. The summed E-state index contributed by atoms with van der Waals surface area (Å²) < 4.78 is 7.06. The van der Waals surface area contributed by atoms with Crippen LogP contribution in [0, 0.1) is 0 Å². The molecule has 0 saturated carbocycles. The molecule has 0 amide bonds. The fourth-order valence-electron chi connectivity index (χ4n) is 8.64. The minimum atomic E-state index is -0.434. The van der Waals surface area contributed by atoms with Crippen molar-refractivity contribution < 1.29 is 4.74 Å². The number of benzene rings is 4. The second kappa shape index (κ2) is 11.5. The first kappa shape index (κ1) is 28.8. The summed E-state index contributed by atoms with van der Waals surface area (Å²) in [7, 11) is 0. The van der Waals surface area contributed by atoms with Gasteiger partial charge < -0.3 is 4.74 Å². The lowest BCUT2D eigenvalue weighted by Gasteiger charge is -2.42. The maximum atomic E-state index is 7.06. The molecule has 1 aliphatic heterocycles. The van der Waals surface area contributed by atoms with Crippen LogP contribution in [0.25, 0.3) is 28.2 Å². The predicted octanol–water partition coefficient (Wildman–Crippen LogP) is 10.8. The van der Waals surface area contributed by atoms with E-state index in [1.54, 1.807) is 0 Å². The summed E-state index contributed by atoms with van der Waals surface area (Å²) in [5, 5.41) is 0. The van der Waals surface area contributed by atoms with Gasteiger partial charge in [0.25, 0.3) is 0 Å². The number of nitrogens with zero attached hydrogens (tertiary/aromatic N) is 3. The van der Waals surface area contributed by atoms with Gasteiger partial charge in [0.15, 0.2) is 0 Å². The third-order valence-electron chi connectivity index (χ3n) is 10.7. The molecule has 0 radical (unpaired) electrons. The Labute approximate surface area is 291 Å².